The van der Waals surface area contributed by atoms with Gasteiger partial charge in [-0.05, 0) is 12.1 Å². The summed E-state index contributed by atoms with van der Waals surface area (Å²) in [5.74, 6) is -0.0251. The zero-order chi connectivity index (χ0) is 20.1. The molecule has 28 heavy (non-hydrogen) atoms. The minimum Gasteiger partial charge on any atom is -0.340 e. The van der Waals surface area contributed by atoms with Crippen LogP contribution in [0.4, 0.5) is 0 Å². The van der Waals surface area contributed by atoms with Crippen molar-refractivity contribution in [3.8, 4) is 10.6 Å². The predicted octanol–water partition coefficient (Wildman–Crippen LogP) is 1.48. The lowest BCUT2D eigenvalue weighted by atomic mass is 10.2. The Hall–Kier alpha value is -1.88. The first-order valence-corrected chi connectivity index (χ1v) is 11.6. The number of pyridine rings is 1. The van der Waals surface area contributed by atoms with Crippen LogP contribution in [0.5, 0.6) is 0 Å². The molecule has 8 nitrogen and oxygen atoms in total. The van der Waals surface area contributed by atoms with Crippen molar-refractivity contribution in [2.75, 3.05) is 39.3 Å². The predicted molar refractivity (Wildman–Crippen MR) is 109 cm³/mol. The van der Waals surface area contributed by atoms with Crippen molar-refractivity contribution < 1.29 is 13.2 Å². The SMILES string of the molecule is CCN(CC)S(=O)(=O)N1CCN(C(=O)Cc2csc(-c3cccnc3)n2)CC1. The maximum absolute atomic E-state index is 12.6. The number of nitrogens with zero attached hydrogens (tertiary/aromatic N) is 5. The second-order valence-electron chi connectivity index (χ2n) is 6.43. The van der Waals surface area contributed by atoms with Gasteiger partial charge < -0.3 is 4.90 Å². The number of carbonyl (C=O) groups excluding carboxylic acids is 1. The molecule has 1 aliphatic heterocycles. The first kappa shape index (κ1) is 20.8. The summed E-state index contributed by atoms with van der Waals surface area (Å²) in [6.07, 6.45) is 3.68. The van der Waals surface area contributed by atoms with Crippen molar-refractivity contribution in [2.24, 2.45) is 0 Å². The molecular weight excluding hydrogens is 398 g/mol. The fourth-order valence-electron chi connectivity index (χ4n) is 3.16. The molecule has 1 saturated heterocycles. The maximum Gasteiger partial charge on any atom is 0.282 e. The van der Waals surface area contributed by atoms with Crippen LogP contribution in [0.25, 0.3) is 10.6 Å². The molecule has 3 rings (SSSR count). The smallest absolute Gasteiger partial charge is 0.282 e. The van der Waals surface area contributed by atoms with Crippen molar-refractivity contribution in [3.63, 3.8) is 0 Å². The average molecular weight is 424 g/mol. The number of thiazole rings is 1. The molecule has 1 aliphatic rings. The lowest BCUT2D eigenvalue weighted by Crippen LogP contribution is -2.54. The van der Waals surface area contributed by atoms with Crippen LogP contribution in [-0.4, -0.2) is 77.1 Å². The number of carbonyl (C=O) groups is 1. The fraction of sp³-hybridized carbons (Fsp3) is 0.500. The highest BCUT2D eigenvalue weighted by Crippen LogP contribution is 2.23. The highest BCUT2D eigenvalue weighted by Gasteiger charge is 2.32. The van der Waals surface area contributed by atoms with E-state index in [2.05, 4.69) is 9.97 Å². The van der Waals surface area contributed by atoms with E-state index in [0.717, 1.165) is 16.3 Å². The molecule has 0 aromatic carbocycles. The Morgan fingerprint density at radius 3 is 2.54 bits per heavy atom. The normalized spacial score (nSPS) is 15.9. The van der Waals surface area contributed by atoms with Crippen molar-refractivity contribution >= 4 is 27.5 Å². The summed E-state index contributed by atoms with van der Waals surface area (Å²) in [6, 6.07) is 3.79. The van der Waals surface area contributed by atoms with Gasteiger partial charge in [-0.2, -0.15) is 17.0 Å². The molecule has 0 N–H and O–H groups in total. The lowest BCUT2D eigenvalue weighted by Gasteiger charge is -2.36. The molecule has 10 heteroatoms. The zero-order valence-electron chi connectivity index (χ0n) is 16.1. The number of amides is 1. The van der Waals surface area contributed by atoms with Crippen LogP contribution in [0.15, 0.2) is 29.9 Å². The Morgan fingerprint density at radius 2 is 1.93 bits per heavy atom. The molecule has 2 aromatic heterocycles. The first-order valence-electron chi connectivity index (χ1n) is 9.33. The molecule has 0 bridgehead atoms. The number of piperazine rings is 1. The highest BCUT2D eigenvalue weighted by molar-refractivity contribution is 7.86. The van der Waals surface area contributed by atoms with E-state index >= 15 is 0 Å². The van der Waals surface area contributed by atoms with Gasteiger partial charge in [0.2, 0.25) is 5.91 Å². The molecule has 152 valence electrons. The van der Waals surface area contributed by atoms with Gasteiger partial charge >= 0.3 is 0 Å². The first-order chi connectivity index (χ1) is 13.5. The van der Waals surface area contributed by atoms with Gasteiger partial charge in [0.25, 0.3) is 10.2 Å². The van der Waals surface area contributed by atoms with E-state index in [-0.39, 0.29) is 12.3 Å². The quantitative estimate of drug-likeness (QED) is 0.673. The Kier molecular flexibility index (Phi) is 6.76. The van der Waals surface area contributed by atoms with Gasteiger partial charge in [0.15, 0.2) is 0 Å². The summed E-state index contributed by atoms with van der Waals surface area (Å²) in [4.78, 5) is 23.0. The summed E-state index contributed by atoms with van der Waals surface area (Å²) in [5, 5.41) is 2.73. The molecule has 0 atom stereocenters. The second-order valence-corrected chi connectivity index (χ2v) is 9.22. The van der Waals surface area contributed by atoms with Crippen LogP contribution < -0.4 is 0 Å². The summed E-state index contributed by atoms with van der Waals surface area (Å²) in [6.45, 7) is 5.99. The molecule has 0 spiro atoms. The Bertz CT molecular complexity index is 889. The molecule has 1 amide bonds. The van der Waals surface area contributed by atoms with Gasteiger partial charge in [0.1, 0.15) is 5.01 Å². The van der Waals surface area contributed by atoms with Gasteiger partial charge in [0, 0.05) is 62.6 Å². The van der Waals surface area contributed by atoms with Gasteiger partial charge in [0.05, 0.1) is 12.1 Å². The van der Waals surface area contributed by atoms with Crippen molar-refractivity contribution in [1.82, 2.24) is 23.5 Å². The molecule has 1 fully saturated rings. The van der Waals surface area contributed by atoms with E-state index < -0.39 is 10.2 Å². The minimum absolute atomic E-state index is 0.0251. The fourth-order valence-corrected chi connectivity index (χ4v) is 5.57. The summed E-state index contributed by atoms with van der Waals surface area (Å²) in [7, 11) is -3.45. The minimum atomic E-state index is -3.45. The van der Waals surface area contributed by atoms with Gasteiger partial charge in [-0.25, -0.2) is 4.98 Å². The Labute approximate surface area is 170 Å². The van der Waals surface area contributed by atoms with Gasteiger partial charge in [-0.3, -0.25) is 9.78 Å². The Morgan fingerprint density at radius 1 is 1.21 bits per heavy atom. The van der Waals surface area contributed by atoms with E-state index in [9.17, 15) is 13.2 Å². The molecule has 3 heterocycles. The van der Waals surface area contributed by atoms with Gasteiger partial charge in [-0.1, -0.05) is 13.8 Å². The van der Waals surface area contributed by atoms with Crippen molar-refractivity contribution in [2.45, 2.75) is 20.3 Å². The third-order valence-electron chi connectivity index (χ3n) is 4.74. The largest absolute Gasteiger partial charge is 0.340 e. The summed E-state index contributed by atoms with van der Waals surface area (Å²) < 4.78 is 28.1. The number of aromatic nitrogens is 2. The standard InChI is InChI=1S/C18H25N5O3S2/c1-3-22(4-2)28(25,26)23-10-8-21(9-11-23)17(24)12-16-14-27-18(20-16)15-6-5-7-19-13-15/h5-7,13-14H,3-4,8-12H2,1-2H3. The van der Waals surface area contributed by atoms with Gasteiger partial charge in [-0.15, -0.1) is 11.3 Å². The molecule has 0 aliphatic carbocycles. The summed E-state index contributed by atoms with van der Waals surface area (Å²) >= 11 is 1.49. The van der Waals surface area contributed by atoms with Crippen LogP contribution in [0.3, 0.4) is 0 Å². The van der Waals surface area contributed by atoms with Crippen LogP contribution in [0, 0.1) is 0 Å². The topological polar surface area (TPSA) is 86.7 Å². The molecule has 2 aromatic rings. The van der Waals surface area contributed by atoms with E-state index in [0.29, 0.717) is 39.3 Å². The highest BCUT2D eigenvalue weighted by atomic mass is 32.2. The third-order valence-corrected chi connectivity index (χ3v) is 7.87. The van der Waals surface area contributed by atoms with E-state index in [1.165, 1.54) is 19.9 Å². The van der Waals surface area contributed by atoms with Crippen molar-refractivity contribution in [3.05, 3.63) is 35.6 Å². The van der Waals surface area contributed by atoms with Crippen molar-refractivity contribution in [1.29, 1.82) is 0 Å². The zero-order valence-corrected chi connectivity index (χ0v) is 17.7. The number of hydrogen-bond donors (Lipinski definition) is 0. The van der Waals surface area contributed by atoms with E-state index in [4.69, 9.17) is 0 Å². The molecular formula is C18H25N5O3S2. The molecule has 0 unspecified atom stereocenters. The van der Waals surface area contributed by atoms with Crippen LogP contribution >= 0.6 is 11.3 Å². The number of rotatable bonds is 7. The lowest BCUT2D eigenvalue weighted by molar-refractivity contribution is -0.131. The van der Waals surface area contributed by atoms with Crippen LogP contribution in [-0.2, 0) is 21.4 Å². The van der Waals surface area contributed by atoms with E-state index in [1.54, 1.807) is 17.3 Å². The Balaban J connectivity index is 1.57. The average Bonchev–Trinajstić information content (AvgIpc) is 3.18. The second kappa shape index (κ2) is 9.08. The maximum atomic E-state index is 12.6. The number of hydrogen-bond acceptors (Lipinski definition) is 6. The third kappa shape index (κ3) is 4.57. The van der Waals surface area contributed by atoms with Crippen LogP contribution in [0.1, 0.15) is 19.5 Å². The molecule has 0 radical (unpaired) electrons. The molecule has 0 saturated carbocycles. The monoisotopic (exact) mass is 423 g/mol. The van der Waals surface area contributed by atoms with E-state index in [1.807, 2.05) is 31.4 Å². The summed E-state index contributed by atoms with van der Waals surface area (Å²) in [5.41, 5.74) is 1.66. The van der Waals surface area contributed by atoms with Crippen LogP contribution in [0.2, 0.25) is 0 Å².